The predicted molar refractivity (Wildman–Crippen MR) is 192 cm³/mol. The molecule has 5 aliphatic rings. The lowest BCUT2D eigenvalue weighted by Crippen LogP contribution is -2.63. The highest BCUT2D eigenvalue weighted by Gasteiger charge is 2.59. The van der Waals surface area contributed by atoms with Crippen LogP contribution in [0.25, 0.3) is 11.1 Å². The van der Waals surface area contributed by atoms with Gasteiger partial charge in [-0.2, -0.15) is 0 Å². The first kappa shape index (κ1) is 25.2. The van der Waals surface area contributed by atoms with Crippen LogP contribution in [0.1, 0.15) is 36.8 Å². The molecule has 2 nitrogen and oxygen atoms in total. The fourth-order valence-corrected chi connectivity index (χ4v) is 10.6. The summed E-state index contributed by atoms with van der Waals surface area (Å²) in [4.78, 5) is 5.08. The Morgan fingerprint density at radius 2 is 1.15 bits per heavy atom. The normalized spacial score (nSPS) is 22.4. The van der Waals surface area contributed by atoms with Crippen molar-refractivity contribution >= 4 is 57.2 Å². The average Bonchev–Trinajstić information content (AvgIpc) is 3.81. The third-order valence-corrected chi connectivity index (χ3v) is 12.1. The zero-order chi connectivity index (χ0) is 30.0. The fraction of sp³-hybridized carbons (Fsp3) is 0.163. The highest BCUT2D eigenvalue weighted by molar-refractivity contribution is 7.00. The SMILES string of the molecule is c1ccc(N2c3ccccc3B3c4c2cccc4N(c2ccccc2)c2ccc4c(c23)C2(CC3CCC2C3)c2ccccc2-4)cc1. The van der Waals surface area contributed by atoms with E-state index in [4.69, 9.17) is 0 Å². The molecule has 2 fully saturated rings. The molecule has 6 aromatic carbocycles. The van der Waals surface area contributed by atoms with Crippen molar-refractivity contribution in [3.8, 4) is 11.1 Å². The Balaban J connectivity index is 1.29. The van der Waals surface area contributed by atoms with Crippen LogP contribution in [0.3, 0.4) is 0 Å². The lowest BCUT2D eigenvalue weighted by atomic mass is 9.32. The van der Waals surface area contributed by atoms with Gasteiger partial charge in [-0.1, -0.05) is 97.4 Å². The smallest absolute Gasteiger partial charge is 0.252 e. The fourth-order valence-electron chi connectivity index (χ4n) is 10.6. The third kappa shape index (κ3) is 3.04. The van der Waals surface area contributed by atoms with Gasteiger partial charge in [-0.3, -0.25) is 0 Å². The number of hydrogen-bond acceptors (Lipinski definition) is 2. The van der Waals surface area contributed by atoms with Gasteiger partial charge in [-0.15, -0.1) is 0 Å². The molecule has 11 rings (SSSR count). The average molecular weight is 589 g/mol. The molecule has 218 valence electrons. The minimum atomic E-state index is 0.0838. The molecule has 6 aromatic rings. The number of benzene rings is 6. The van der Waals surface area contributed by atoms with Crippen LogP contribution in [0.15, 0.2) is 140 Å². The molecule has 3 atom stereocenters. The van der Waals surface area contributed by atoms with Crippen LogP contribution in [0.4, 0.5) is 34.1 Å². The highest BCUT2D eigenvalue weighted by atomic mass is 15.2. The molecular formula is C43H33BN2. The summed E-state index contributed by atoms with van der Waals surface area (Å²) in [5, 5.41) is 0. The van der Waals surface area contributed by atoms with E-state index in [0.29, 0.717) is 5.92 Å². The molecular weight excluding hydrogens is 555 g/mol. The van der Waals surface area contributed by atoms with Gasteiger partial charge in [-0.25, -0.2) is 0 Å². The standard InChI is InChI=1S/C43H33BN2/c1-3-12-30(13-4-1)45-36-19-10-9-18-35(36)44-41-37(45)20-11-21-38(41)46(31-14-5-2-6-15-31)39-25-24-33-32-16-7-8-17-34(32)43(40(33)42(39)44)27-28-22-23-29(43)26-28/h1-21,24-25,28-29H,22-23,26-27H2. The molecule has 46 heavy (non-hydrogen) atoms. The van der Waals surface area contributed by atoms with E-state index in [1.807, 2.05) is 0 Å². The zero-order valence-electron chi connectivity index (χ0n) is 25.7. The second kappa shape index (κ2) is 9.04. The minimum Gasteiger partial charge on any atom is -0.311 e. The Hall–Kier alpha value is -5.02. The summed E-state index contributed by atoms with van der Waals surface area (Å²) in [7, 11) is 0. The van der Waals surface area contributed by atoms with Gasteiger partial charge in [0.25, 0.3) is 6.71 Å². The van der Waals surface area contributed by atoms with Crippen LogP contribution in [0, 0.1) is 11.8 Å². The quantitative estimate of drug-likeness (QED) is 0.186. The number of fused-ring (bicyclic) bond motifs is 13. The molecule has 1 spiro atoms. The van der Waals surface area contributed by atoms with Gasteiger partial charge in [0.1, 0.15) is 0 Å². The van der Waals surface area contributed by atoms with Crippen molar-refractivity contribution in [3.63, 3.8) is 0 Å². The number of para-hydroxylation sites is 3. The molecule has 0 N–H and O–H groups in total. The third-order valence-electron chi connectivity index (χ3n) is 12.1. The van der Waals surface area contributed by atoms with E-state index in [0.717, 1.165) is 5.92 Å². The Labute approximate surface area is 271 Å². The lowest BCUT2D eigenvalue weighted by Gasteiger charge is -2.46. The first-order valence-electron chi connectivity index (χ1n) is 17.0. The Bertz CT molecular complexity index is 2190. The molecule has 0 saturated heterocycles. The number of anilines is 6. The van der Waals surface area contributed by atoms with E-state index in [1.165, 1.54) is 87.3 Å². The van der Waals surface area contributed by atoms with Gasteiger partial charge < -0.3 is 9.80 Å². The largest absolute Gasteiger partial charge is 0.311 e. The van der Waals surface area contributed by atoms with Crippen molar-refractivity contribution in [1.29, 1.82) is 0 Å². The molecule has 2 heterocycles. The van der Waals surface area contributed by atoms with Gasteiger partial charge in [0, 0.05) is 39.5 Å². The maximum absolute atomic E-state index is 2.58. The van der Waals surface area contributed by atoms with Gasteiger partial charge in [0.05, 0.1) is 0 Å². The second-order valence-corrected chi connectivity index (χ2v) is 14.1. The summed E-state index contributed by atoms with van der Waals surface area (Å²) in [5.41, 5.74) is 18.2. The molecule has 0 aromatic heterocycles. The molecule has 2 bridgehead atoms. The molecule has 3 aliphatic carbocycles. The molecule has 3 unspecified atom stereocenters. The van der Waals surface area contributed by atoms with Crippen LogP contribution in [-0.4, -0.2) is 6.71 Å². The zero-order valence-corrected chi connectivity index (χ0v) is 25.7. The number of hydrogen-bond donors (Lipinski definition) is 0. The van der Waals surface area contributed by atoms with Crippen LogP contribution in [-0.2, 0) is 5.41 Å². The van der Waals surface area contributed by atoms with E-state index in [1.54, 1.807) is 11.1 Å². The van der Waals surface area contributed by atoms with Gasteiger partial charge in [0.2, 0.25) is 0 Å². The van der Waals surface area contributed by atoms with Gasteiger partial charge >= 0.3 is 0 Å². The second-order valence-electron chi connectivity index (χ2n) is 14.1. The van der Waals surface area contributed by atoms with E-state index >= 15 is 0 Å². The van der Waals surface area contributed by atoms with Gasteiger partial charge in [0.15, 0.2) is 0 Å². The van der Waals surface area contributed by atoms with E-state index in [9.17, 15) is 0 Å². The monoisotopic (exact) mass is 588 g/mol. The summed E-state index contributed by atoms with van der Waals surface area (Å²) in [6, 6.07) is 52.6. The summed E-state index contributed by atoms with van der Waals surface area (Å²) in [5.74, 6) is 1.52. The van der Waals surface area contributed by atoms with Crippen LogP contribution in [0.5, 0.6) is 0 Å². The van der Waals surface area contributed by atoms with Crippen molar-refractivity contribution in [2.45, 2.75) is 31.1 Å². The van der Waals surface area contributed by atoms with Crippen molar-refractivity contribution in [2.24, 2.45) is 11.8 Å². The number of rotatable bonds is 2. The lowest BCUT2D eigenvalue weighted by molar-refractivity contribution is 0.328. The van der Waals surface area contributed by atoms with Crippen molar-refractivity contribution in [1.82, 2.24) is 0 Å². The Kier molecular flexibility index (Phi) is 4.95. The van der Waals surface area contributed by atoms with E-state index < -0.39 is 0 Å². The van der Waals surface area contributed by atoms with Crippen LogP contribution < -0.4 is 26.2 Å². The summed E-state index contributed by atoms with van der Waals surface area (Å²) in [6.07, 6.45) is 5.38. The summed E-state index contributed by atoms with van der Waals surface area (Å²) < 4.78 is 0. The van der Waals surface area contributed by atoms with Gasteiger partial charge in [-0.05, 0) is 118 Å². The first-order valence-corrected chi connectivity index (χ1v) is 17.0. The summed E-state index contributed by atoms with van der Waals surface area (Å²) >= 11 is 0. The predicted octanol–water partition coefficient (Wildman–Crippen LogP) is 8.86. The molecule has 2 saturated carbocycles. The molecule has 3 heteroatoms. The maximum atomic E-state index is 2.58. The maximum Gasteiger partial charge on any atom is 0.252 e. The van der Waals surface area contributed by atoms with E-state index in [-0.39, 0.29) is 12.1 Å². The highest BCUT2D eigenvalue weighted by Crippen LogP contribution is 2.66. The van der Waals surface area contributed by atoms with E-state index in [2.05, 4.69) is 149 Å². The topological polar surface area (TPSA) is 6.48 Å². The van der Waals surface area contributed by atoms with Crippen molar-refractivity contribution in [2.75, 3.05) is 9.80 Å². The number of nitrogens with zero attached hydrogens (tertiary/aromatic N) is 2. The Morgan fingerprint density at radius 1 is 0.522 bits per heavy atom. The molecule has 2 aliphatic heterocycles. The first-order chi connectivity index (χ1) is 22.8. The van der Waals surface area contributed by atoms with Crippen LogP contribution in [0.2, 0.25) is 0 Å². The molecule has 0 radical (unpaired) electrons. The van der Waals surface area contributed by atoms with Crippen molar-refractivity contribution in [3.05, 3.63) is 151 Å². The van der Waals surface area contributed by atoms with Crippen LogP contribution >= 0.6 is 0 Å². The Morgan fingerprint density at radius 3 is 1.87 bits per heavy atom. The summed E-state index contributed by atoms with van der Waals surface area (Å²) in [6.45, 7) is 0.151. The molecule has 0 amide bonds. The minimum absolute atomic E-state index is 0.0838. The van der Waals surface area contributed by atoms with Crippen molar-refractivity contribution < 1.29 is 0 Å².